The number of hydrogen-bond donors (Lipinski definition) is 2. The van der Waals surface area contributed by atoms with Crippen LogP contribution < -0.4 is 15.2 Å². The maximum atomic E-state index is 6.29. The van der Waals surface area contributed by atoms with Crippen molar-refractivity contribution in [2.24, 2.45) is 5.73 Å². The Morgan fingerprint density at radius 2 is 2.12 bits per heavy atom. The molecule has 0 amide bonds. The number of hydrogen-bond acceptors (Lipinski definition) is 6. The zero-order chi connectivity index (χ0) is 17.1. The summed E-state index contributed by atoms with van der Waals surface area (Å²) in [6.07, 6.45) is 0. The number of benzene rings is 1. The highest BCUT2D eigenvalue weighted by Gasteiger charge is 2.18. The predicted octanol–water partition coefficient (Wildman–Crippen LogP) is 3.28. The van der Waals surface area contributed by atoms with Gasteiger partial charge >= 0.3 is 0 Å². The fourth-order valence-electron chi connectivity index (χ4n) is 2.27. The van der Waals surface area contributed by atoms with E-state index in [1.807, 2.05) is 25.1 Å². The largest absolute Gasteiger partial charge is 0.493 e. The molecule has 2 heterocycles. The summed E-state index contributed by atoms with van der Waals surface area (Å²) in [6.45, 7) is 2.48. The molecule has 3 aromatic rings. The van der Waals surface area contributed by atoms with Gasteiger partial charge < -0.3 is 19.6 Å². The summed E-state index contributed by atoms with van der Waals surface area (Å²) in [5.41, 5.74) is 7.12. The van der Waals surface area contributed by atoms with Crippen molar-refractivity contribution in [3.63, 3.8) is 0 Å². The van der Waals surface area contributed by atoms with Crippen LogP contribution in [0.15, 0.2) is 39.4 Å². The van der Waals surface area contributed by atoms with Crippen molar-refractivity contribution < 1.29 is 13.9 Å². The molecule has 0 radical (unpaired) electrons. The van der Waals surface area contributed by atoms with Gasteiger partial charge in [0.15, 0.2) is 21.9 Å². The quantitative estimate of drug-likeness (QED) is 0.667. The van der Waals surface area contributed by atoms with Crippen molar-refractivity contribution in [2.45, 2.75) is 13.0 Å². The average Bonchev–Trinajstić information content (AvgIpc) is 3.23. The molecule has 8 heteroatoms. The number of nitrogens with zero attached hydrogens (tertiary/aromatic N) is 2. The van der Waals surface area contributed by atoms with Gasteiger partial charge in [0.1, 0.15) is 5.82 Å². The summed E-state index contributed by atoms with van der Waals surface area (Å²) in [4.78, 5) is 4.41. The van der Waals surface area contributed by atoms with Crippen molar-refractivity contribution in [3.8, 4) is 23.1 Å². The molecule has 0 bridgehead atoms. The number of aromatic nitrogens is 3. The number of nitrogens with two attached hydrogens (primary N) is 1. The Morgan fingerprint density at radius 3 is 2.79 bits per heavy atom. The van der Waals surface area contributed by atoms with E-state index in [4.69, 9.17) is 19.6 Å². The monoisotopic (exact) mass is 392 g/mol. The van der Waals surface area contributed by atoms with Gasteiger partial charge in [0.05, 0.1) is 19.8 Å². The zero-order valence-electron chi connectivity index (χ0n) is 13.2. The van der Waals surface area contributed by atoms with E-state index in [0.29, 0.717) is 40.2 Å². The normalized spacial score (nSPS) is 12.2. The van der Waals surface area contributed by atoms with Crippen LogP contribution in [0.25, 0.3) is 11.6 Å². The molecule has 2 aromatic heterocycles. The molecular weight excluding hydrogens is 376 g/mol. The van der Waals surface area contributed by atoms with E-state index in [1.54, 1.807) is 19.2 Å². The predicted molar refractivity (Wildman–Crippen MR) is 92.0 cm³/mol. The van der Waals surface area contributed by atoms with Crippen LogP contribution >= 0.6 is 15.9 Å². The summed E-state index contributed by atoms with van der Waals surface area (Å²) < 4.78 is 16.9. The van der Waals surface area contributed by atoms with Crippen LogP contribution in [0.1, 0.15) is 24.4 Å². The topological polar surface area (TPSA) is 99.2 Å². The van der Waals surface area contributed by atoms with Crippen molar-refractivity contribution >= 4 is 15.9 Å². The van der Waals surface area contributed by atoms with Gasteiger partial charge in [-0.25, -0.2) is 4.98 Å². The number of nitrogens with one attached hydrogen (secondary N) is 1. The van der Waals surface area contributed by atoms with Gasteiger partial charge in [0.25, 0.3) is 0 Å². The van der Waals surface area contributed by atoms with E-state index >= 15 is 0 Å². The molecule has 0 fully saturated rings. The molecule has 0 aliphatic heterocycles. The molecule has 0 aliphatic rings. The lowest BCUT2D eigenvalue weighted by molar-refractivity contribution is 0.310. The molecule has 0 aliphatic carbocycles. The third kappa shape index (κ3) is 3.29. The number of H-pyrrole nitrogens is 1. The molecule has 1 unspecified atom stereocenters. The number of rotatable bonds is 6. The summed E-state index contributed by atoms with van der Waals surface area (Å²) in [5, 5.41) is 7.00. The second kappa shape index (κ2) is 7.06. The molecule has 3 rings (SSSR count). The van der Waals surface area contributed by atoms with Crippen LogP contribution in [0.5, 0.6) is 11.5 Å². The Morgan fingerprint density at radius 1 is 1.29 bits per heavy atom. The second-order valence-electron chi connectivity index (χ2n) is 4.97. The molecule has 0 spiro atoms. The van der Waals surface area contributed by atoms with Crippen LogP contribution in [0, 0.1) is 0 Å². The number of ether oxygens (including phenoxy) is 2. The first-order valence-electron chi connectivity index (χ1n) is 7.36. The first-order valence-corrected chi connectivity index (χ1v) is 8.16. The third-order valence-electron chi connectivity index (χ3n) is 3.44. The molecular formula is C16H17BrN4O3. The molecule has 7 nitrogen and oxygen atoms in total. The van der Waals surface area contributed by atoms with Gasteiger partial charge in [-0.2, -0.15) is 0 Å². The van der Waals surface area contributed by atoms with Gasteiger partial charge in [0, 0.05) is 0 Å². The summed E-state index contributed by atoms with van der Waals surface area (Å²) in [5.74, 6) is 2.84. The first kappa shape index (κ1) is 16.5. The Balaban J connectivity index is 1.86. The van der Waals surface area contributed by atoms with Crippen LogP contribution in [0.2, 0.25) is 0 Å². The minimum absolute atomic E-state index is 0.448. The lowest BCUT2D eigenvalue weighted by Crippen LogP contribution is -2.14. The number of halogens is 1. The fraction of sp³-hybridized carbons (Fsp3) is 0.250. The van der Waals surface area contributed by atoms with E-state index in [2.05, 4.69) is 31.1 Å². The minimum Gasteiger partial charge on any atom is -0.493 e. The molecule has 24 heavy (non-hydrogen) atoms. The van der Waals surface area contributed by atoms with Crippen LogP contribution in [0.4, 0.5) is 0 Å². The Kier molecular flexibility index (Phi) is 4.86. The summed E-state index contributed by atoms with van der Waals surface area (Å²) in [7, 11) is 1.59. The number of aromatic amines is 1. The molecule has 126 valence electrons. The SMILES string of the molecule is CCOc1ccc(C(N)c2nc(-c3ccc(Br)o3)n[nH]2)cc1OC. The molecule has 1 aromatic carbocycles. The van der Waals surface area contributed by atoms with E-state index in [1.165, 1.54) is 0 Å². The number of methoxy groups -OCH3 is 1. The summed E-state index contributed by atoms with van der Waals surface area (Å²) in [6, 6.07) is 8.63. The molecule has 3 N–H and O–H groups in total. The van der Waals surface area contributed by atoms with Gasteiger partial charge in [-0.05, 0) is 52.7 Å². The molecule has 0 saturated heterocycles. The highest BCUT2D eigenvalue weighted by Crippen LogP contribution is 2.31. The van der Waals surface area contributed by atoms with Gasteiger partial charge in [-0.3, -0.25) is 5.10 Å². The smallest absolute Gasteiger partial charge is 0.217 e. The van der Waals surface area contributed by atoms with Gasteiger partial charge in [-0.1, -0.05) is 6.07 Å². The average molecular weight is 393 g/mol. The third-order valence-corrected chi connectivity index (χ3v) is 3.86. The second-order valence-corrected chi connectivity index (χ2v) is 5.75. The van der Waals surface area contributed by atoms with Gasteiger partial charge in [0.2, 0.25) is 5.82 Å². The van der Waals surface area contributed by atoms with Crippen LogP contribution in [-0.2, 0) is 0 Å². The maximum absolute atomic E-state index is 6.29. The van der Waals surface area contributed by atoms with E-state index in [9.17, 15) is 0 Å². The first-order chi connectivity index (χ1) is 11.6. The van der Waals surface area contributed by atoms with E-state index in [-0.39, 0.29) is 0 Å². The standard InChI is InChI=1S/C16H17BrN4O3/c1-3-23-10-5-4-9(8-12(10)22-2)14(18)16-19-15(20-21-16)11-6-7-13(17)24-11/h4-8,14H,3,18H2,1-2H3,(H,19,20,21). The highest BCUT2D eigenvalue weighted by molar-refractivity contribution is 9.10. The highest BCUT2D eigenvalue weighted by atomic mass is 79.9. The van der Waals surface area contributed by atoms with Crippen molar-refractivity contribution in [1.29, 1.82) is 0 Å². The lowest BCUT2D eigenvalue weighted by Gasteiger charge is -2.13. The van der Waals surface area contributed by atoms with Crippen molar-refractivity contribution in [3.05, 3.63) is 46.4 Å². The Hall–Kier alpha value is -2.32. The number of furan rings is 1. The summed E-state index contributed by atoms with van der Waals surface area (Å²) >= 11 is 3.25. The zero-order valence-corrected chi connectivity index (χ0v) is 14.8. The Bertz CT molecular complexity index is 830. The molecule has 0 saturated carbocycles. The lowest BCUT2D eigenvalue weighted by atomic mass is 10.1. The maximum Gasteiger partial charge on any atom is 0.217 e. The van der Waals surface area contributed by atoms with Crippen molar-refractivity contribution in [1.82, 2.24) is 15.2 Å². The Labute approximate surface area is 147 Å². The van der Waals surface area contributed by atoms with Crippen molar-refractivity contribution in [2.75, 3.05) is 13.7 Å². The fourth-order valence-corrected chi connectivity index (χ4v) is 2.57. The van der Waals surface area contributed by atoms with Crippen LogP contribution in [-0.4, -0.2) is 28.9 Å². The minimum atomic E-state index is -0.478. The van der Waals surface area contributed by atoms with E-state index in [0.717, 1.165) is 5.56 Å². The molecule has 1 atom stereocenters. The van der Waals surface area contributed by atoms with Gasteiger partial charge in [-0.15, -0.1) is 5.10 Å². The van der Waals surface area contributed by atoms with Crippen LogP contribution in [0.3, 0.4) is 0 Å². The van der Waals surface area contributed by atoms with E-state index < -0.39 is 6.04 Å².